The van der Waals surface area contributed by atoms with Gasteiger partial charge < -0.3 is 10.2 Å². The van der Waals surface area contributed by atoms with Crippen LogP contribution in [0, 0.1) is 0 Å². The van der Waals surface area contributed by atoms with Crippen LogP contribution in [0.2, 0.25) is 0 Å². The summed E-state index contributed by atoms with van der Waals surface area (Å²) in [5.74, 6) is 2.04. The van der Waals surface area contributed by atoms with Gasteiger partial charge in [-0.2, -0.15) is 0 Å². The van der Waals surface area contributed by atoms with Gasteiger partial charge in [0.15, 0.2) is 0 Å². The molecule has 1 aromatic rings. The summed E-state index contributed by atoms with van der Waals surface area (Å²) in [5.41, 5.74) is 0. The molecule has 1 N–H and O–H groups in total. The Morgan fingerprint density at radius 2 is 2.12 bits per heavy atom. The molecule has 1 saturated heterocycles. The largest absolute Gasteiger partial charge is 0.357 e. The lowest BCUT2D eigenvalue weighted by molar-refractivity contribution is 0.571. The Labute approximate surface area is 97.1 Å². The monoisotopic (exact) mass is 220 g/mol. The lowest BCUT2D eigenvalue weighted by atomic mass is 10.1. The molecule has 1 aromatic heterocycles. The predicted octanol–water partition coefficient (Wildman–Crippen LogP) is 1.23. The third-order valence-corrected chi connectivity index (χ3v) is 2.97. The molecule has 1 aliphatic rings. The van der Waals surface area contributed by atoms with Crippen molar-refractivity contribution in [2.75, 3.05) is 31.6 Å². The highest BCUT2D eigenvalue weighted by atomic mass is 15.2. The minimum absolute atomic E-state index is 0.901. The van der Waals surface area contributed by atoms with E-state index in [1.807, 2.05) is 19.3 Å². The van der Waals surface area contributed by atoms with Crippen LogP contribution >= 0.6 is 0 Å². The SMILES string of the molecule is CNCCc1nccc(N2CCCCC2)n1. The molecule has 2 heterocycles. The number of anilines is 1. The maximum atomic E-state index is 4.61. The molecule has 4 heteroatoms. The fraction of sp³-hybridized carbons (Fsp3) is 0.667. The summed E-state index contributed by atoms with van der Waals surface area (Å²) < 4.78 is 0. The summed E-state index contributed by atoms with van der Waals surface area (Å²) in [7, 11) is 1.95. The summed E-state index contributed by atoms with van der Waals surface area (Å²) in [6, 6.07) is 2.02. The van der Waals surface area contributed by atoms with Crippen molar-refractivity contribution in [3.63, 3.8) is 0 Å². The highest BCUT2D eigenvalue weighted by Gasteiger charge is 2.12. The number of rotatable bonds is 4. The van der Waals surface area contributed by atoms with Gasteiger partial charge in [-0.1, -0.05) is 0 Å². The summed E-state index contributed by atoms with van der Waals surface area (Å²) in [4.78, 5) is 11.3. The molecule has 0 spiro atoms. The fourth-order valence-corrected chi connectivity index (χ4v) is 2.04. The minimum Gasteiger partial charge on any atom is -0.357 e. The van der Waals surface area contributed by atoms with Crippen molar-refractivity contribution in [3.8, 4) is 0 Å². The Balaban J connectivity index is 2.02. The molecule has 0 saturated carbocycles. The second-order valence-electron chi connectivity index (χ2n) is 4.23. The summed E-state index contributed by atoms with van der Waals surface area (Å²) in [6.07, 6.45) is 6.71. The third kappa shape index (κ3) is 2.92. The van der Waals surface area contributed by atoms with Gasteiger partial charge in [0, 0.05) is 32.3 Å². The van der Waals surface area contributed by atoms with Crippen LogP contribution in [0.4, 0.5) is 5.82 Å². The zero-order valence-corrected chi connectivity index (χ0v) is 9.95. The van der Waals surface area contributed by atoms with Crippen LogP contribution in [0.25, 0.3) is 0 Å². The van der Waals surface area contributed by atoms with Crippen molar-refractivity contribution in [2.24, 2.45) is 0 Å². The normalized spacial score (nSPS) is 16.4. The molecule has 1 fully saturated rings. The van der Waals surface area contributed by atoms with Crippen molar-refractivity contribution in [3.05, 3.63) is 18.1 Å². The standard InChI is InChI=1S/C12H20N4/c1-13-7-5-11-14-8-6-12(15-11)16-9-3-2-4-10-16/h6,8,13H,2-5,7,9-10H2,1H3. The van der Waals surface area contributed by atoms with E-state index in [0.29, 0.717) is 0 Å². The first kappa shape index (κ1) is 11.3. The topological polar surface area (TPSA) is 41.1 Å². The number of hydrogen-bond acceptors (Lipinski definition) is 4. The second kappa shape index (κ2) is 5.80. The van der Waals surface area contributed by atoms with E-state index in [1.54, 1.807) is 0 Å². The molecule has 0 bridgehead atoms. The maximum Gasteiger partial charge on any atom is 0.132 e. The van der Waals surface area contributed by atoms with Crippen LogP contribution in [0.3, 0.4) is 0 Å². The molecule has 0 atom stereocenters. The summed E-state index contributed by atoms with van der Waals surface area (Å²) >= 11 is 0. The van der Waals surface area contributed by atoms with Crippen LogP contribution in [0.15, 0.2) is 12.3 Å². The van der Waals surface area contributed by atoms with Gasteiger partial charge >= 0.3 is 0 Å². The van der Waals surface area contributed by atoms with Crippen molar-refractivity contribution in [2.45, 2.75) is 25.7 Å². The first-order valence-electron chi connectivity index (χ1n) is 6.11. The van der Waals surface area contributed by atoms with Crippen molar-refractivity contribution in [1.29, 1.82) is 0 Å². The molecule has 4 nitrogen and oxygen atoms in total. The van der Waals surface area contributed by atoms with Crippen molar-refractivity contribution >= 4 is 5.82 Å². The Morgan fingerprint density at radius 3 is 2.88 bits per heavy atom. The van der Waals surface area contributed by atoms with Crippen LogP contribution < -0.4 is 10.2 Å². The molecule has 0 aromatic carbocycles. The van der Waals surface area contributed by atoms with E-state index in [0.717, 1.165) is 37.7 Å². The van der Waals surface area contributed by atoms with Crippen molar-refractivity contribution < 1.29 is 0 Å². The van der Waals surface area contributed by atoms with Gasteiger partial charge in [-0.15, -0.1) is 0 Å². The summed E-state index contributed by atoms with van der Waals surface area (Å²) in [6.45, 7) is 3.22. The van der Waals surface area contributed by atoms with E-state index in [2.05, 4.69) is 20.2 Å². The zero-order valence-electron chi connectivity index (χ0n) is 9.95. The second-order valence-corrected chi connectivity index (χ2v) is 4.23. The first-order valence-corrected chi connectivity index (χ1v) is 6.11. The lowest BCUT2D eigenvalue weighted by Gasteiger charge is -2.27. The van der Waals surface area contributed by atoms with Gasteiger partial charge in [0.05, 0.1) is 0 Å². The molecule has 16 heavy (non-hydrogen) atoms. The van der Waals surface area contributed by atoms with Gasteiger partial charge in [-0.25, -0.2) is 9.97 Å². The maximum absolute atomic E-state index is 4.61. The molecule has 0 unspecified atom stereocenters. The van der Waals surface area contributed by atoms with E-state index in [1.165, 1.54) is 19.3 Å². The average Bonchev–Trinajstić information content (AvgIpc) is 2.38. The quantitative estimate of drug-likeness (QED) is 0.828. The number of piperidine rings is 1. The minimum atomic E-state index is 0.901. The van der Waals surface area contributed by atoms with E-state index in [9.17, 15) is 0 Å². The van der Waals surface area contributed by atoms with Crippen LogP contribution in [-0.4, -0.2) is 36.6 Å². The van der Waals surface area contributed by atoms with Gasteiger partial charge in [-0.3, -0.25) is 0 Å². The van der Waals surface area contributed by atoms with Gasteiger partial charge in [0.25, 0.3) is 0 Å². The zero-order chi connectivity index (χ0) is 11.2. The van der Waals surface area contributed by atoms with Crippen LogP contribution in [0.1, 0.15) is 25.1 Å². The number of nitrogens with zero attached hydrogens (tertiary/aromatic N) is 3. The van der Waals surface area contributed by atoms with Gasteiger partial charge in [-0.05, 0) is 32.4 Å². The third-order valence-electron chi connectivity index (χ3n) is 2.97. The summed E-state index contributed by atoms with van der Waals surface area (Å²) in [5, 5.41) is 3.12. The molecule has 88 valence electrons. The Bertz CT molecular complexity index is 321. The van der Waals surface area contributed by atoms with Gasteiger partial charge in [0.1, 0.15) is 11.6 Å². The molecule has 2 rings (SSSR count). The molecule has 0 amide bonds. The van der Waals surface area contributed by atoms with Crippen LogP contribution in [0.5, 0.6) is 0 Å². The van der Waals surface area contributed by atoms with E-state index >= 15 is 0 Å². The van der Waals surface area contributed by atoms with E-state index in [-0.39, 0.29) is 0 Å². The van der Waals surface area contributed by atoms with Crippen molar-refractivity contribution in [1.82, 2.24) is 15.3 Å². The molecule has 0 aliphatic carbocycles. The smallest absolute Gasteiger partial charge is 0.132 e. The van der Waals surface area contributed by atoms with Gasteiger partial charge in [0.2, 0.25) is 0 Å². The van der Waals surface area contributed by atoms with E-state index in [4.69, 9.17) is 0 Å². The van der Waals surface area contributed by atoms with E-state index < -0.39 is 0 Å². The number of aromatic nitrogens is 2. The molecule has 1 aliphatic heterocycles. The number of hydrogen-bond donors (Lipinski definition) is 1. The number of nitrogens with one attached hydrogen (secondary N) is 1. The molecule has 0 radical (unpaired) electrons. The van der Waals surface area contributed by atoms with Crippen LogP contribution in [-0.2, 0) is 6.42 Å². The Morgan fingerprint density at radius 1 is 1.31 bits per heavy atom. The average molecular weight is 220 g/mol. The highest BCUT2D eigenvalue weighted by molar-refractivity contribution is 5.37. The molecular formula is C12H20N4. The first-order chi connectivity index (χ1) is 7.90. The fourth-order valence-electron chi connectivity index (χ4n) is 2.04. The predicted molar refractivity (Wildman–Crippen MR) is 65.7 cm³/mol. The Kier molecular flexibility index (Phi) is 4.10. The lowest BCUT2D eigenvalue weighted by Crippen LogP contribution is -2.30. The number of likely N-dealkylation sites (N-methyl/N-ethyl adjacent to an activating group) is 1. The Hall–Kier alpha value is -1.16. The molecular weight excluding hydrogens is 200 g/mol. The highest BCUT2D eigenvalue weighted by Crippen LogP contribution is 2.16.